The zero-order valence-corrected chi connectivity index (χ0v) is 13.4. The summed E-state index contributed by atoms with van der Waals surface area (Å²) in [5.74, 6) is 0. The molecule has 2 heteroatoms. The topological polar surface area (TPSA) is 15.3 Å². The van der Waals surface area contributed by atoms with Gasteiger partial charge in [-0.1, -0.05) is 40.0 Å². The summed E-state index contributed by atoms with van der Waals surface area (Å²) in [7, 11) is 0. The normalized spacial score (nSPS) is 33.0. The van der Waals surface area contributed by atoms with E-state index in [1.54, 1.807) is 0 Å². The van der Waals surface area contributed by atoms with Crippen LogP contribution < -0.4 is 5.32 Å². The van der Waals surface area contributed by atoms with Gasteiger partial charge in [0.1, 0.15) is 0 Å². The third kappa shape index (κ3) is 3.95. The highest BCUT2D eigenvalue weighted by Gasteiger charge is 2.40. The largest absolute Gasteiger partial charge is 0.312 e. The number of likely N-dealkylation sites (tertiary alicyclic amines) is 1. The molecule has 0 spiro atoms. The molecule has 19 heavy (non-hydrogen) atoms. The SMILES string of the molecule is CCCNC1C(N2CCCCCC2)CCCC1(C)C. The van der Waals surface area contributed by atoms with Gasteiger partial charge in [0.2, 0.25) is 0 Å². The van der Waals surface area contributed by atoms with Gasteiger partial charge in [-0.05, 0) is 57.2 Å². The first-order valence-corrected chi connectivity index (χ1v) is 8.62. The quantitative estimate of drug-likeness (QED) is 0.832. The van der Waals surface area contributed by atoms with Crippen molar-refractivity contribution >= 4 is 0 Å². The zero-order chi connectivity index (χ0) is 13.7. The fourth-order valence-electron chi connectivity index (χ4n) is 4.14. The molecule has 2 atom stereocenters. The molecule has 0 amide bonds. The maximum Gasteiger partial charge on any atom is 0.0274 e. The van der Waals surface area contributed by atoms with E-state index in [0.717, 1.165) is 6.04 Å². The van der Waals surface area contributed by atoms with Crippen LogP contribution in [-0.2, 0) is 0 Å². The Bertz CT molecular complexity index is 254. The summed E-state index contributed by atoms with van der Waals surface area (Å²) in [6.07, 6.45) is 11.2. The molecular weight excluding hydrogens is 232 g/mol. The van der Waals surface area contributed by atoms with Gasteiger partial charge in [-0.25, -0.2) is 0 Å². The molecule has 2 nitrogen and oxygen atoms in total. The maximum absolute atomic E-state index is 3.89. The molecule has 1 aliphatic carbocycles. The number of nitrogens with zero attached hydrogens (tertiary/aromatic N) is 1. The van der Waals surface area contributed by atoms with Gasteiger partial charge in [-0.2, -0.15) is 0 Å². The third-order valence-electron chi connectivity index (χ3n) is 5.27. The smallest absolute Gasteiger partial charge is 0.0274 e. The first-order chi connectivity index (χ1) is 9.15. The lowest BCUT2D eigenvalue weighted by Crippen LogP contribution is -2.59. The van der Waals surface area contributed by atoms with Crippen LogP contribution in [0.25, 0.3) is 0 Å². The van der Waals surface area contributed by atoms with Crippen LogP contribution in [0.4, 0.5) is 0 Å². The van der Waals surface area contributed by atoms with E-state index in [-0.39, 0.29) is 0 Å². The van der Waals surface area contributed by atoms with Crippen molar-refractivity contribution in [3.63, 3.8) is 0 Å². The predicted octanol–water partition coefficient (Wildman–Crippen LogP) is 3.81. The lowest BCUT2D eigenvalue weighted by molar-refractivity contribution is 0.0501. The van der Waals surface area contributed by atoms with Gasteiger partial charge in [-0.15, -0.1) is 0 Å². The van der Waals surface area contributed by atoms with Crippen molar-refractivity contribution in [1.82, 2.24) is 10.2 Å². The number of rotatable bonds is 4. The van der Waals surface area contributed by atoms with E-state index in [1.807, 2.05) is 0 Å². The minimum absolute atomic E-state index is 0.463. The molecule has 2 unspecified atom stereocenters. The molecule has 2 fully saturated rings. The monoisotopic (exact) mass is 266 g/mol. The molecule has 0 aromatic carbocycles. The first kappa shape index (κ1) is 15.3. The van der Waals surface area contributed by atoms with Crippen LogP contribution in [0.1, 0.15) is 72.1 Å². The molecule has 2 aliphatic rings. The van der Waals surface area contributed by atoms with Crippen molar-refractivity contribution in [2.75, 3.05) is 19.6 Å². The summed E-state index contributed by atoms with van der Waals surface area (Å²) < 4.78 is 0. The van der Waals surface area contributed by atoms with Crippen molar-refractivity contribution in [1.29, 1.82) is 0 Å². The average molecular weight is 266 g/mol. The van der Waals surface area contributed by atoms with E-state index >= 15 is 0 Å². The Balaban J connectivity index is 2.05. The molecule has 0 aromatic heterocycles. The summed E-state index contributed by atoms with van der Waals surface area (Å²) in [6, 6.07) is 1.48. The van der Waals surface area contributed by atoms with Crippen molar-refractivity contribution < 1.29 is 0 Å². The second-order valence-electron chi connectivity index (χ2n) is 7.33. The number of hydrogen-bond donors (Lipinski definition) is 1. The van der Waals surface area contributed by atoms with Gasteiger partial charge < -0.3 is 5.32 Å². The van der Waals surface area contributed by atoms with E-state index in [4.69, 9.17) is 0 Å². The highest BCUT2D eigenvalue weighted by atomic mass is 15.2. The van der Waals surface area contributed by atoms with Gasteiger partial charge in [0.05, 0.1) is 0 Å². The summed E-state index contributed by atoms with van der Waals surface area (Å²) in [4.78, 5) is 2.82. The van der Waals surface area contributed by atoms with E-state index in [0.29, 0.717) is 11.5 Å². The highest BCUT2D eigenvalue weighted by molar-refractivity contribution is 4.98. The Morgan fingerprint density at radius 3 is 2.37 bits per heavy atom. The molecule has 1 aliphatic heterocycles. The molecule has 2 rings (SSSR count). The van der Waals surface area contributed by atoms with Crippen molar-refractivity contribution in [2.45, 2.75) is 84.2 Å². The Hall–Kier alpha value is -0.0800. The van der Waals surface area contributed by atoms with E-state index in [9.17, 15) is 0 Å². The van der Waals surface area contributed by atoms with Crippen LogP contribution in [0.15, 0.2) is 0 Å². The van der Waals surface area contributed by atoms with Crippen LogP contribution in [0.3, 0.4) is 0 Å². The zero-order valence-electron chi connectivity index (χ0n) is 13.4. The van der Waals surface area contributed by atoms with E-state index < -0.39 is 0 Å². The summed E-state index contributed by atoms with van der Waals surface area (Å²) in [5.41, 5.74) is 0.463. The van der Waals surface area contributed by atoms with Gasteiger partial charge >= 0.3 is 0 Å². The Morgan fingerprint density at radius 1 is 1.05 bits per heavy atom. The molecule has 1 N–H and O–H groups in total. The summed E-state index contributed by atoms with van der Waals surface area (Å²) in [5, 5.41) is 3.89. The third-order valence-corrected chi connectivity index (χ3v) is 5.27. The van der Waals surface area contributed by atoms with Crippen LogP contribution in [0.2, 0.25) is 0 Å². The Morgan fingerprint density at radius 2 is 1.74 bits per heavy atom. The fraction of sp³-hybridized carbons (Fsp3) is 1.00. The fourth-order valence-corrected chi connectivity index (χ4v) is 4.14. The molecule has 112 valence electrons. The van der Waals surface area contributed by atoms with Gasteiger partial charge in [0.25, 0.3) is 0 Å². The highest BCUT2D eigenvalue weighted by Crippen LogP contribution is 2.38. The minimum Gasteiger partial charge on any atom is -0.312 e. The number of nitrogens with one attached hydrogen (secondary N) is 1. The van der Waals surface area contributed by atoms with Crippen LogP contribution in [0, 0.1) is 5.41 Å². The minimum atomic E-state index is 0.463. The molecule has 0 aromatic rings. The lowest BCUT2D eigenvalue weighted by atomic mass is 9.70. The summed E-state index contributed by atoms with van der Waals surface area (Å²) >= 11 is 0. The molecule has 1 heterocycles. The van der Waals surface area contributed by atoms with Gasteiger partial charge in [-0.3, -0.25) is 4.90 Å². The molecule has 1 saturated carbocycles. The second-order valence-corrected chi connectivity index (χ2v) is 7.33. The molecule has 0 radical (unpaired) electrons. The standard InChI is InChI=1S/C17H34N2/c1-4-12-18-16-15(10-9-11-17(16,2)3)19-13-7-5-6-8-14-19/h15-16,18H,4-14H2,1-3H3. The van der Waals surface area contributed by atoms with E-state index in [1.165, 1.54) is 71.0 Å². The van der Waals surface area contributed by atoms with Crippen molar-refractivity contribution in [3.8, 4) is 0 Å². The van der Waals surface area contributed by atoms with Crippen LogP contribution in [-0.4, -0.2) is 36.6 Å². The Kier molecular flexibility index (Phi) is 5.70. The molecule has 0 bridgehead atoms. The second kappa shape index (κ2) is 7.08. The summed E-state index contributed by atoms with van der Waals surface area (Å²) in [6.45, 7) is 11.1. The van der Waals surface area contributed by atoms with Crippen LogP contribution >= 0.6 is 0 Å². The van der Waals surface area contributed by atoms with Gasteiger partial charge in [0, 0.05) is 12.1 Å². The Labute approximate surface area is 120 Å². The van der Waals surface area contributed by atoms with Crippen molar-refractivity contribution in [2.24, 2.45) is 5.41 Å². The maximum atomic E-state index is 3.89. The average Bonchev–Trinajstić information content (AvgIpc) is 2.65. The predicted molar refractivity (Wildman–Crippen MR) is 83.5 cm³/mol. The number of hydrogen-bond acceptors (Lipinski definition) is 2. The van der Waals surface area contributed by atoms with Crippen molar-refractivity contribution in [3.05, 3.63) is 0 Å². The van der Waals surface area contributed by atoms with Crippen LogP contribution in [0.5, 0.6) is 0 Å². The van der Waals surface area contributed by atoms with Gasteiger partial charge in [0.15, 0.2) is 0 Å². The molecular formula is C17H34N2. The lowest BCUT2D eigenvalue weighted by Gasteiger charge is -2.48. The molecule has 1 saturated heterocycles. The van der Waals surface area contributed by atoms with E-state index in [2.05, 4.69) is 31.0 Å². The first-order valence-electron chi connectivity index (χ1n) is 8.62.